The Labute approximate surface area is 108 Å². The predicted molar refractivity (Wildman–Crippen MR) is 69.6 cm³/mol. The van der Waals surface area contributed by atoms with Crippen LogP contribution in [0.5, 0.6) is 5.75 Å². The van der Waals surface area contributed by atoms with Crippen LogP contribution < -0.4 is 4.74 Å². The molecule has 0 heterocycles. The van der Waals surface area contributed by atoms with Gasteiger partial charge in [0.1, 0.15) is 5.75 Å². The van der Waals surface area contributed by atoms with E-state index in [9.17, 15) is 8.42 Å². The van der Waals surface area contributed by atoms with Crippen molar-refractivity contribution in [3.8, 4) is 5.75 Å². The first-order chi connectivity index (χ1) is 8.10. The Balaban J connectivity index is 2.62. The summed E-state index contributed by atoms with van der Waals surface area (Å²) in [7, 11) is -1.61. The monoisotopic (exact) mass is 276 g/mol. The molecule has 0 aliphatic rings. The van der Waals surface area contributed by atoms with E-state index in [1.807, 2.05) is 0 Å². The Hall–Kier alpha value is -0.740. The van der Waals surface area contributed by atoms with Crippen LogP contribution in [0.1, 0.15) is 19.3 Å². The topological polar surface area (TPSA) is 43.4 Å². The fraction of sp³-hybridized carbons (Fsp3) is 0.500. The molecule has 0 N–H and O–H groups in total. The summed E-state index contributed by atoms with van der Waals surface area (Å²) >= 11 is 5.54. The maximum Gasteiger partial charge on any atom is 0.178 e. The summed E-state index contributed by atoms with van der Waals surface area (Å²) in [6, 6.07) is 6.47. The maximum atomic E-state index is 11.9. The highest BCUT2D eigenvalue weighted by molar-refractivity contribution is 7.91. The molecule has 0 amide bonds. The predicted octanol–water partition coefficient (Wildman–Crippen LogP) is 2.88. The van der Waals surface area contributed by atoms with Gasteiger partial charge in [-0.2, -0.15) is 0 Å². The Morgan fingerprint density at radius 1 is 1.12 bits per heavy atom. The average Bonchev–Trinajstić information content (AvgIpc) is 2.35. The summed E-state index contributed by atoms with van der Waals surface area (Å²) in [5.41, 5.74) is 0. The van der Waals surface area contributed by atoms with Crippen LogP contribution in [0.2, 0.25) is 0 Å². The number of unbranched alkanes of at least 4 members (excludes halogenated alkanes) is 2. The van der Waals surface area contributed by atoms with Gasteiger partial charge in [-0.3, -0.25) is 0 Å². The fourth-order valence-corrected chi connectivity index (χ4v) is 3.02. The van der Waals surface area contributed by atoms with E-state index in [-0.39, 0.29) is 5.75 Å². The van der Waals surface area contributed by atoms with Crippen LogP contribution in [-0.2, 0) is 9.84 Å². The third-order valence-electron chi connectivity index (χ3n) is 2.47. The summed E-state index contributed by atoms with van der Waals surface area (Å²) in [4.78, 5) is 0.351. The molecular weight excluding hydrogens is 260 g/mol. The second-order valence-electron chi connectivity index (χ2n) is 3.74. The fourth-order valence-electron chi connectivity index (χ4n) is 1.46. The molecule has 0 saturated carbocycles. The van der Waals surface area contributed by atoms with E-state index in [4.69, 9.17) is 16.3 Å². The molecular formula is C12H17ClO3S. The molecule has 0 unspecified atom stereocenters. The Morgan fingerprint density at radius 3 is 2.29 bits per heavy atom. The molecule has 0 aliphatic carbocycles. The van der Waals surface area contributed by atoms with Gasteiger partial charge in [0.05, 0.1) is 17.8 Å². The molecule has 1 aromatic carbocycles. The van der Waals surface area contributed by atoms with Crippen LogP contribution in [0.15, 0.2) is 29.2 Å². The molecule has 1 rings (SSSR count). The van der Waals surface area contributed by atoms with E-state index in [0.29, 0.717) is 22.9 Å². The van der Waals surface area contributed by atoms with E-state index in [1.165, 1.54) is 0 Å². The molecule has 3 nitrogen and oxygen atoms in total. The summed E-state index contributed by atoms with van der Waals surface area (Å²) in [5.74, 6) is 1.42. The van der Waals surface area contributed by atoms with Gasteiger partial charge in [-0.05, 0) is 37.1 Å². The van der Waals surface area contributed by atoms with Crippen molar-refractivity contribution in [2.75, 3.05) is 18.7 Å². The number of hydrogen-bond donors (Lipinski definition) is 0. The average molecular weight is 277 g/mol. The van der Waals surface area contributed by atoms with Gasteiger partial charge in [0.25, 0.3) is 0 Å². The zero-order valence-corrected chi connectivity index (χ0v) is 11.4. The zero-order valence-electron chi connectivity index (χ0n) is 9.86. The number of halogens is 1. The lowest BCUT2D eigenvalue weighted by molar-refractivity contribution is 0.414. The molecule has 0 fully saturated rings. The van der Waals surface area contributed by atoms with Crippen LogP contribution in [-0.4, -0.2) is 27.2 Å². The molecule has 5 heteroatoms. The maximum absolute atomic E-state index is 11.9. The van der Waals surface area contributed by atoms with Gasteiger partial charge in [-0.1, -0.05) is 6.42 Å². The zero-order chi connectivity index (χ0) is 12.7. The van der Waals surface area contributed by atoms with Crippen molar-refractivity contribution in [1.29, 1.82) is 0 Å². The van der Waals surface area contributed by atoms with Gasteiger partial charge in [0, 0.05) is 5.88 Å². The normalized spacial score (nSPS) is 11.4. The minimum atomic E-state index is -3.16. The SMILES string of the molecule is COc1ccc(S(=O)(=O)CCCCCCl)cc1. The van der Waals surface area contributed by atoms with E-state index in [1.54, 1.807) is 31.4 Å². The molecule has 0 saturated heterocycles. The molecule has 0 aromatic heterocycles. The second-order valence-corrected chi connectivity index (χ2v) is 6.23. The number of ether oxygens (including phenoxy) is 1. The lowest BCUT2D eigenvalue weighted by atomic mass is 10.3. The molecule has 96 valence electrons. The molecule has 0 atom stereocenters. The molecule has 0 spiro atoms. The van der Waals surface area contributed by atoms with Crippen LogP contribution in [0.4, 0.5) is 0 Å². The summed E-state index contributed by atoms with van der Waals surface area (Å²) in [6.07, 6.45) is 2.36. The Morgan fingerprint density at radius 2 is 1.76 bits per heavy atom. The van der Waals surface area contributed by atoms with Crippen molar-refractivity contribution >= 4 is 21.4 Å². The summed E-state index contributed by atoms with van der Waals surface area (Å²) in [5, 5.41) is 0. The standard InChI is InChI=1S/C12H17ClO3S/c1-16-11-5-7-12(8-6-11)17(14,15)10-4-2-3-9-13/h5-8H,2-4,9-10H2,1H3. The molecule has 0 radical (unpaired) electrons. The van der Waals surface area contributed by atoms with Crippen LogP contribution >= 0.6 is 11.6 Å². The molecule has 17 heavy (non-hydrogen) atoms. The Bertz CT molecular complexity index is 426. The number of methoxy groups -OCH3 is 1. The van der Waals surface area contributed by atoms with Gasteiger partial charge in [0.15, 0.2) is 9.84 Å². The van der Waals surface area contributed by atoms with Crippen LogP contribution in [0.3, 0.4) is 0 Å². The number of rotatable bonds is 7. The van der Waals surface area contributed by atoms with Crippen LogP contribution in [0.25, 0.3) is 0 Å². The number of alkyl halides is 1. The summed E-state index contributed by atoms with van der Waals surface area (Å²) < 4.78 is 28.8. The smallest absolute Gasteiger partial charge is 0.178 e. The largest absolute Gasteiger partial charge is 0.497 e. The van der Waals surface area contributed by atoms with E-state index < -0.39 is 9.84 Å². The number of sulfone groups is 1. The van der Waals surface area contributed by atoms with Gasteiger partial charge >= 0.3 is 0 Å². The number of benzene rings is 1. The lowest BCUT2D eigenvalue weighted by Gasteiger charge is -2.05. The van der Waals surface area contributed by atoms with Gasteiger partial charge in [-0.15, -0.1) is 11.6 Å². The quantitative estimate of drug-likeness (QED) is 0.568. The molecule has 1 aromatic rings. The van der Waals surface area contributed by atoms with Crippen molar-refractivity contribution in [3.63, 3.8) is 0 Å². The van der Waals surface area contributed by atoms with E-state index in [2.05, 4.69) is 0 Å². The first-order valence-electron chi connectivity index (χ1n) is 5.53. The third kappa shape index (κ3) is 4.56. The first-order valence-corrected chi connectivity index (χ1v) is 7.71. The van der Waals surface area contributed by atoms with Gasteiger partial charge in [0.2, 0.25) is 0 Å². The van der Waals surface area contributed by atoms with Crippen molar-refractivity contribution in [3.05, 3.63) is 24.3 Å². The van der Waals surface area contributed by atoms with Crippen molar-refractivity contribution in [2.24, 2.45) is 0 Å². The minimum Gasteiger partial charge on any atom is -0.497 e. The van der Waals surface area contributed by atoms with Crippen molar-refractivity contribution in [2.45, 2.75) is 24.2 Å². The van der Waals surface area contributed by atoms with Crippen LogP contribution in [0, 0.1) is 0 Å². The van der Waals surface area contributed by atoms with Gasteiger partial charge < -0.3 is 4.74 Å². The first kappa shape index (κ1) is 14.3. The highest BCUT2D eigenvalue weighted by Gasteiger charge is 2.13. The van der Waals surface area contributed by atoms with E-state index in [0.717, 1.165) is 12.8 Å². The third-order valence-corrected chi connectivity index (χ3v) is 4.55. The lowest BCUT2D eigenvalue weighted by Crippen LogP contribution is -2.06. The van der Waals surface area contributed by atoms with Crippen molar-refractivity contribution in [1.82, 2.24) is 0 Å². The number of hydrogen-bond acceptors (Lipinski definition) is 3. The van der Waals surface area contributed by atoms with E-state index >= 15 is 0 Å². The highest BCUT2D eigenvalue weighted by atomic mass is 35.5. The minimum absolute atomic E-state index is 0.177. The second kappa shape index (κ2) is 6.87. The Kier molecular flexibility index (Phi) is 5.78. The molecule has 0 aliphatic heterocycles. The van der Waals surface area contributed by atoms with Crippen molar-refractivity contribution < 1.29 is 13.2 Å². The summed E-state index contributed by atoms with van der Waals surface area (Å²) in [6.45, 7) is 0. The molecule has 0 bridgehead atoms. The van der Waals surface area contributed by atoms with Gasteiger partial charge in [-0.25, -0.2) is 8.42 Å². The highest BCUT2D eigenvalue weighted by Crippen LogP contribution is 2.17.